The van der Waals surface area contributed by atoms with E-state index in [1.54, 1.807) is 0 Å². The van der Waals surface area contributed by atoms with Crippen molar-refractivity contribution in [2.75, 3.05) is 19.8 Å². The number of hydrogen-bond acceptors (Lipinski definition) is 3. The minimum absolute atomic E-state index is 0.306. The summed E-state index contributed by atoms with van der Waals surface area (Å²) in [6.07, 6.45) is -0.602. The lowest BCUT2D eigenvalue weighted by molar-refractivity contribution is 0.0195. The molecule has 0 amide bonds. The van der Waals surface area contributed by atoms with Gasteiger partial charge in [-0.3, -0.25) is 4.90 Å². The number of likely N-dealkylation sites (tertiary alicyclic amines) is 1. The summed E-state index contributed by atoms with van der Waals surface area (Å²) in [5, 5.41) is 18.7. The van der Waals surface area contributed by atoms with Gasteiger partial charge in [0.05, 0.1) is 12.2 Å². The van der Waals surface area contributed by atoms with Crippen LogP contribution in [0.4, 0.5) is 4.39 Å². The average Bonchev–Trinajstić information content (AvgIpc) is 2.31. The third kappa shape index (κ3) is 2.18. The maximum Gasteiger partial charge on any atom is 0.117 e. The molecule has 1 rings (SSSR count). The Balaban J connectivity index is 2.52. The first-order chi connectivity index (χ1) is 5.98. The van der Waals surface area contributed by atoms with Crippen molar-refractivity contribution in [3.8, 4) is 0 Å². The third-order valence-electron chi connectivity index (χ3n) is 2.91. The summed E-state index contributed by atoms with van der Waals surface area (Å²) in [7, 11) is 0. The van der Waals surface area contributed by atoms with Gasteiger partial charge in [-0.2, -0.15) is 0 Å². The van der Waals surface area contributed by atoms with Crippen molar-refractivity contribution in [2.24, 2.45) is 0 Å². The van der Waals surface area contributed by atoms with Crippen LogP contribution in [0.25, 0.3) is 0 Å². The molecule has 0 aliphatic carbocycles. The number of aliphatic hydroxyl groups excluding tert-OH is 2. The summed E-state index contributed by atoms with van der Waals surface area (Å²) in [6.45, 7) is 4.14. The zero-order valence-corrected chi connectivity index (χ0v) is 8.20. The van der Waals surface area contributed by atoms with E-state index in [4.69, 9.17) is 5.11 Å². The van der Waals surface area contributed by atoms with Crippen molar-refractivity contribution in [3.63, 3.8) is 0 Å². The second kappa shape index (κ2) is 3.90. The van der Waals surface area contributed by atoms with Gasteiger partial charge >= 0.3 is 0 Å². The SMILES string of the molecule is CC1(C)C(O)CCN1CC(O)CF. The van der Waals surface area contributed by atoms with E-state index in [1.807, 2.05) is 18.7 Å². The van der Waals surface area contributed by atoms with Crippen molar-refractivity contribution < 1.29 is 14.6 Å². The van der Waals surface area contributed by atoms with Crippen molar-refractivity contribution in [1.82, 2.24) is 4.90 Å². The van der Waals surface area contributed by atoms with E-state index in [9.17, 15) is 9.50 Å². The van der Waals surface area contributed by atoms with Crippen LogP contribution in [0, 0.1) is 0 Å². The summed E-state index contributed by atoms with van der Waals surface area (Å²) in [6, 6.07) is 0. The van der Waals surface area contributed by atoms with Crippen LogP contribution < -0.4 is 0 Å². The molecule has 0 radical (unpaired) electrons. The lowest BCUT2D eigenvalue weighted by atomic mass is 9.98. The summed E-state index contributed by atoms with van der Waals surface area (Å²) >= 11 is 0. The molecule has 1 saturated heterocycles. The first-order valence-corrected chi connectivity index (χ1v) is 4.65. The zero-order chi connectivity index (χ0) is 10.1. The Hall–Kier alpha value is -0.190. The van der Waals surface area contributed by atoms with Crippen LogP contribution in [0.2, 0.25) is 0 Å². The monoisotopic (exact) mass is 191 g/mol. The Morgan fingerprint density at radius 3 is 2.62 bits per heavy atom. The van der Waals surface area contributed by atoms with Crippen LogP contribution in [0.5, 0.6) is 0 Å². The zero-order valence-electron chi connectivity index (χ0n) is 8.20. The Bertz CT molecular complexity index is 175. The Labute approximate surface area is 78.2 Å². The number of rotatable bonds is 3. The average molecular weight is 191 g/mol. The smallest absolute Gasteiger partial charge is 0.117 e. The van der Waals surface area contributed by atoms with E-state index >= 15 is 0 Å². The molecule has 2 unspecified atom stereocenters. The summed E-state index contributed by atoms with van der Waals surface area (Å²) in [5.41, 5.74) is -0.337. The van der Waals surface area contributed by atoms with Gasteiger partial charge in [0.25, 0.3) is 0 Å². The molecule has 0 aromatic rings. The highest BCUT2D eigenvalue weighted by Crippen LogP contribution is 2.28. The van der Waals surface area contributed by atoms with E-state index in [-0.39, 0.29) is 11.6 Å². The molecule has 78 valence electrons. The van der Waals surface area contributed by atoms with Crippen molar-refractivity contribution in [2.45, 2.75) is 38.0 Å². The van der Waals surface area contributed by atoms with Crippen LogP contribution in [0.1, 0.15) is 20.3 Å². The van der Waals surface area contributed by atoms with Gasteiger partial charge in [-0.15, -0.1) is 0 Å². The molecular weight excluding hydrogens is 173 g/mol. The van der Waals surface area contributed by atoms with Gasteiger partial charge in [-0.25, -0.2) is 4.39 Å². The number of nitrogens with zero attached hydrogens (tertiary/aromatic N) is 1. The number of hydrogen-bond donors (Lipinski definition) is 2. The van der Waals surface area contributed by atoms with Gasteiger partial charge in [-0.1, -0.05) is 0 Å². The molecular formula is C9H18FNO2. The molecule has 1 heterocycles. The first kappa shape index (κ1) is 10.9. The van der Waals surface area contributed by atoms with Crippen molar-refractivity contribution in [3.05, 3.63) is 0 Å². The molecule has 0 saturated carbocycles. The molecule has 3 nitrogen and oxygen atoms in total. The Morgan fingerprint density at radius 1 is 1.62 bits per heavy atom. The van der Waals surface area contributed by atoms with Gasteiger partial charge in [0.2, 0.25) is 0 Å². The van der Waals surface area contributed by atoms with E-state index < -0.39 is 12.8 Å². The Kier molecular flexibility index (Phi) is 3.27. The fraction of sp³-hybridized carbons (Fsp3) is 1.00. The number of alkyl halides is 1. The maximum atomic E-state index is 12.0. The lowest BCUT2D eigenvalue weighted by Crippen LogP contribution is -2.48. The fourth-order valence-electron chi connectivity index (χ4n) is 1.76. The van der Waals surface area contributed by atoms with Gasteiger partial charge in [-0.05, 0) is 20.3 Å². The largest absolute Gasteiger partial charge is 0.391 e. The van der Waals surface area contributed by atoms with Crippen molar-refractivity contribution >= 4 is 0 Å². The molecule has 13 heavy (non-hydrogen) atoms. The molecule has 0 aromatic heterocycles. The van der Waals surface area contributed by atoms with Gasteiger partial charge in [0.1, 0.15) is 6.67 Å². The van der Waals surface area contributed by atoms with E-state index in [1.165, 1.54) is 0 Å². The summed E-state index contributed by atoms with van der Waals surface area (Å²) in [5.74, 6) is 0. The number of aliphatic hydroxyl groups is 2. The topological polar surface area (TPSA) is 43.7 Å². The highest BCUT2D eigenvalue weighted by molar-refractivity contribution is 4.95. The molecule has 1 aliphatic heterocycles. The first-order valence-electron chi connectivity index (χ1n) is 4.65. The third-order valence-corrected chi connectivity index (χ3v) is 2.91. The second-order valence-corrected chi connectivity index (χ2v) is 4.21. The molecule has 0 aromatic carbocycles. The maximum absolute atomic E-state index is 12.0. The van der Waals surface area contributed by atoms with Gasteiger partial charge < -0.3 is 10.2 Å². The lowest BCUT2D eigenvalue weighted by Gasteiger charge is -2.34. The highest BCUT2D eigenvalue weighted by Gasteiger charge is 2.40. The molecule has 1 aliphatic rings. The molecule has 1 fully saturated rings. The minimum Gasteiger partial charge on any atom is -0.391 e. The Morgan fingerprint density at radius 2 is 2.23 bits per heavy atom. The molecule has 2 N–H and O–H groups in total. The van der Waals surface area contributed by atoms with Crippen LogP contribution >= 0.6 is 0 Å². The van der Waals surface area contributed by atoms with Crippen LogP contribution in [-0.4, -0.2) is 52.6 Å². The normalized spacial score (nSPS) is 30.7. The summed E-state index contributed by atoms with van der Waals surface area (Å²) < 4.78 is 12.0. The summed E-state index contributed by atoms with van der Waals surface area (Å²) in [4.78, 5) is 1.93. The predicted molar refractivity (Wildman–Crippen MR) is 48.3 cm³/mol. The second-order valence-electron chi connectivity index (χ2n) is 4.21. The molecule has 4 heteroatoms. The molecule has 0 spiro atoms. The van der Waals surface area contributed by atoms with Crippen molar-refractivity contribution in [1.29, 1.82) is 0 Å². The predicted octanol–water partition coefficient (Wildman–Crippen LogP) is 0.162. The molecule has 2 atom stereocenters. The number of halogens is 1. The van der Waals surface area contributed by atoms with Gasteiger partial charge in [0.15, 0.2) is 0 Å². The molecule has 0 bridgehead atoms. The quantitative estimate of drug-likeness (QED) is 0.668. The van der Waals surface area contributed by atoms with E-state index in [0.717, 1.165) is 6.54 Å². The van der Waals surface area contributed by atoms with Crippen LogP contribution in [-0.2, 0) is 0 Å². The fourth-order valence-corrected chi connectivity index (χ4v) is 1.76. The highest BCUT2D eigenvalue weighted by atomic mass is 19.1. The van der Waals surface area contributed by atoms with Gasteiger partial charge in [0, 0.05) is 18.6 Å². The van der Waals surface area contributed by atoms with Crippen LogP contribution in [0.15, 0.2) is 0 Å². The van der Waals surface area contributed by atoms with E-state index in [0.29, 0.717) is 13.0 Å². The number of β-amino-alcohol motifs (C(OH)–C–C–N with tert-alkyl or cyclic N) is 1. The minimum atomic E-state index is -0.926. The standard InChI is InChI=1S/C9H18FNO2/c1-9(2)8(13)3-4-11(9)6-7(12)5-10/h7-8,12-13H,3-6H2,1-2H3. The van der Waals surface area contributed by atoms with E-state index in [2.05, 4.69) is 0 Å². The van der Waals surface area contributed by atoms with Crippen LogP contribution in [0.3, 0.4) is 0 Å².